The van der Waals surface area contributed by atoms with Crippen LogP contribution in [0.1, 0.15) is 50.7 Å². The van der Waals surface area contributed by atoms with Crippen LogP contribution in [0.25, 0.3) is 0 Å². The Kier molecular flexibility index (Phi) is 5.85. The van der Waals surface area contributed by atoms with Crippen molar-refractivity contribution in [2.75, 3.05) is 6.61 Å². The number of ether oxygens (including phenoxy) is 1. The molecule has 1 aliphatic heterocycles. The summed E-state index contributed by atoms with van der Waals surface area (Å²) in [6.45, 7) is 4.97. The molecule has 4 rings (SSSR count). The summed E-state index contributed by atoms with van der Waals surface area (Å²) >= 11 is 0. The minimum atomic E-state index is -0.535. The van der Waals surface area contributed by atoms with Gasteiger partial charge < -0.3 is 15.2 Å². The van der Waals surface area contributed by atoms with Crippen LogP contribution in [0.4, 0.5) is 0 Å². The van der Waals surface area contributed by atoms with Gasteiger partial charge in [-0.05, 0) is 73.7 Å². The topological polar surface area (TPSA) is 41.5 Å². The molecule has 2 aliphatic carbocycles. The Hall–Kier alpha value is -2.74. The minimum Gasteiger partial charge on any atom is -0.494 e. The quantitative estimate of drug-likeness (QED) is 0.455. The number of nitrogens with one attached hydrogen (secondary N) is 1. The molecular weight excluding hydrogens is 370 g/mol. The summed E-state index contributed by atoms with van der Waals surface area (Å²) in [5.41, 5.74) is 7.19. The second-order valence-corrected chi connectivity index (χ2v) is 8.84. The predicted molar refractivity (Wildman–Crippen MR) is 122 cm³/mol. The third-order valence-corrected chi connectivity index (χ3v) is 6.42. The predicted octanol–water partition coefficient (Wildman–Crippen LogP) is 5.36. The van der Waals surface area contributed by atoms with Crippen molar-refractivity contribution in [3.05, 3.63) is 101 Å². The lowest BCUT2D eigenvalue weighted by Gasteiger charge is -2.31. The molecule has 3 nitrogen and oxygen atoms in total. The van der Waals surface area contributed by atoms with Crippen molar-refractivity contribution in [1.82, 2.24) is 5.32 Å². The zero-order valence-corrected chi connectivity index (χ0v) is 17.9. The highest BCUT2D eigenvalue weighted by atomic mass is 16.5. The number of dihydropyridines is 1. The third-order valence-electron chi connectivity index (χ3n) is 6.42. The van der Waals surface area contributed by atoms with Gasteiger partial charge >= 0.3 is 0 Å². The fourth-order valence-electron chi connectivity index (χ4n) is 3.99. The molecule has 3 heteroatoms. The standard InChI is InChI=1S/C27H31NO2/c1-26(2,27(29)16-17-27)23-11-5-8-21(20-23)9-7-19-30-24-12-6-10-22(14-15-24)25-13-3-4-18-28-25/h4-6,8,11-15,18,20,28-29H,3,7,9,16-17,19H2,1-2H3. The molecule has 0 saturated heterocycles. The van der Waals surface area contributed by atoms with Crippen LogP contribution in [-0.2, 0) is 16.6 Å². The second-order valence-electron chi connectivity index (χ2n) is 8.84. The van der Waals surface area contributed by atoms with Gasteiger partial charge in [0.25, 0.3) is 0 Å². The molecule has 0 atom stereocenters. The summed E-state index contributed by atoms with van der Waals surface area (Å²) in [4.78, 5) is 0. The van der Waals surface area contributed by atoms with E-state index in [0.29, 0.717) is 6.61 Å². The molecule has 0 aromatic heterocycles. The molecule has 30 heavy (non-hydrogen) atoms. The molecule has 0 bridgehead atoms. The third kappa shape index (κ3) is 4.53. The van der Waals surface area contributed by atoms with Crippen LogP contribution in [-0.4, -0.2) is 17.3 Å². The van der Waals surface area contributed by atoms with Gasteiger partial charge in [-0.1, -0.05) is 50.3 Å². The van der Waals surface area contributed by atoms with Gasteiger partial charge in [-0.2, -0.15) is 0 Å². The van der Waals surface area contributed by atoms with Crippen LogP contribution in [0, 0.1) is 0 Å². The molecule has 3 aliphatic rings. The summed E-state index contributed by atoms with van der Waals surface area (Å²) in [5.74, 6) is 0.857. The Morgan fingerprint density at radius 1 is 1.23 bits per heavy atom. The Balaban J connectivity index is 1.27. The first kappa shape index (κ1) is 20.5. The number of hydrogen-bond acceptors (Lipinski definition) is 3. The number of benzene rings is 1. The number of aryl methyl sites for hydroxylation is 1. The lowest BCUT2D eigenvalue weighted by molar-refractivity contribution is 0.0740. The fraction of sp³-hybridized carbons (Fsp3) is 0.370. The second kappa shape index (κ2) is 8.55. The molecule has 1 heterocycles. The highest BCUT2D eigenvalue weighted by molar-refractivity contribution is 5.44. The van der Waals surface area contributed by atoms with Crippen molar-refractivity contribution in [1.29, 1.82) is 0 Å². The fourth-order valence-corrected chi connectivity index (χ4v) is 3.99. The van der Waals surface area contributed by atoms with E-state index in [1.54, 1.807) is 0 Å². The maximum absolute atomic E-state index is 10.6. The molecule has 1 aromatic carbocycles. The lowest BCUT2D eigenvalue weighted by atomic mass is 9.77. The first-order valence-corrected chi connectivity index (χ1v) is 10.9. The molecule has 1 fully saturated rings. The van der Waals surface area contributed by atoms with Crippen LogP contribution >= 0.6 is 0 Å². The van der Waals surface area contributed by atoms with E-state index < -0.39 is 5.60 Å². The normalized spacial score (nSPS) is 19.4. The van der Waals surface area contributed by atoms with E-state index >= 15 is 0 Å². The first-order chi connectivity index (χ1) is 14.5. The molecular formula is C27H31NO2. The molecule has 156 valence electrons. The summed E-state index contributed by atoms with van der Waals surface area (Å²) in [5, 5.41) is 13.9. The van der Waals surface area contributed by atoms with Crippen LogP contribution in [0.2, 0.25) is 0 Å². The highest BCUT2D eigenvalue weighted by Crippen LogP contribution is 2.51. The average molecular weight is 402 g/mol. The molecule has 0 spiro atoms. The molecule has 1 aromatic rings. The van der Waals surface area contributed by atoms with Gasteiger partial charge in [0.15, 0.2) is 0 Å². The van der Waals surface area contributed by atoms with E-state index in [-0.39, 0.29) is 5.41 Å². The number of aliphatic hydroxyl groups is 1. The van der Waals surface area contributed by atoms with E-state index in [1.165, 1.54) is 11.1 Å². The van der Waals surface area contributed by atoms with Crippen molar-refractivity contribution in [3.8, 4) is 0 Å². The van der Waals surface area contributed by atoms with Crippen LogP contribution in [0.5, 0.6) is 0 Å². The SMILES string of the molecule is CC(C)(c1cccc(CCCOC2=CC=C=C(C3=CCC=CN3)C=C2)c1)C1(O)CC1. The van der Waals surface area contributed by atoms with Crippen molar-refractivity contribution in [2.24, 2.45) is 0 Å². The first-order valence-electron chi connectivity index (χ1n) is 10.9. The average Bonchev–Trinajstić information content (AvgIpc) is 3.56. The summed E-state index contributed by atoms with van der Waals surface area (Å²) in [7, 11) is 0. The van der Waals surface area contributed by atoms with Crippen molar-refractivity contribution in [3.63, 3.8) is 0 Å². The van der Waals surface area contributed by atoms with E-state index in [0.717, 1.165) is 49.1 Å². The largest absolute Gasteiger partial charge is 0.494 e. The Morgan fingerprint density at radius 2 is 2.10 bits per heavy atom. The van der Waals surface area contributed by atoms with Gasteiger partial charge in [0.1, 0.15) is 5.76 Å². The van der Waals surface area contributed by atoms with Crippen molar-refractivity contribution in [2.45, 2.75) is 57.0 Å². The monoisotopic (exact) mass is 401 g/mol. The number of hydrogen-bond donors (Lipinski definition) is 2. The Labute approximate surface area is 179 Å². The zero-order chi connectivity index (χ0) is 21.0. The smallest absolute Gasteiger partial charge is 0.119 e. The zero-order valence-electron chi connectivity index (χ0n) is 17.9. The van der Waals surface area contributed by atoms with Crippen LogP contribution < -0.4 is 5.32 Å². The number of rotatable bonds is 8. The maximum Gasteiger partial charge on any atom is 0.119 e. The van der Waals surface area contributed by atoms with Crippen molar-refractivity contribution < 1.29 is 9.84 Å². The van der Waals surface area contributed by atoms with Crippen LogP contribution in [0.15, 0.2) is 89.7 Å². The number of allylic oxidation sites excluding steroid dienone is 5. The lowest BCUT2D eigenvalue weighted by Crippen LogP contribution is -2.35. The van der Waals surface area contributed by atoms with E-state index in [4.69, 9.17) is 4.74 Å². The van der Waals surface area contributed by atoms with Gasteiger partial charge in [0, 0.05) is 16.7 Å². The van der Waals surface area contributed by atoms with E-state index in [9.17, 15) is 5.11 Å². The molecule has 0 radical (unpaired) electrons. The Bertz CT molecular complexity index is 980. The van der Waals surface area contributed by atoms with Crippen molar-refractivity contribution >= 4 is 0 Å². The molecule has 2 N–H and O–H groups in total. The van der Waals surface area contributed by atoms with Gasteiger partial charge in [0.05, 0.1) is 12.2 Å². The molecule has 0 amide bonds. The minimum absolute atomic E-state index is 0.203. The summed E-state index contributed by atoms with van der Waals surface area (Å²) in [6, 6.07) is 8.66. The molecule has 0 unspecified atom stereocenters. The highest BCUT2D eigenvalue weighted by Gasteiger charge is 2.53. The van der Waals surface area contributed by atoms with Gasteiger partial charge in [-0.15, -0.1) is 5.73 Å². The summed E-state index contributed by atoms with van der Waals surface area (Å²) < 4.78 is 5.98. The van der Waals surface area contributed by atoms with Crippen LogP contribution in [0.3, 0.4) is 0 Å². The summed E-state index contributed by atoms with van der Waals surface area (Å²) in [6.07, 6.45) is 18.8. The van der Waals surface area contributed by atoms with Gasteiger partial charge in [-0.3, -0.25) is 0 Å². The Morgan fingerprint density at radius 3 is 2.87 bits per heavy atom. The van der Waals surface area contributed by atoms with Gasteiger partial charge in [0.2, 0.25) is 0 Å². The van der Waals surface area contributed by atoms with E-state index in [2.05, 4.69) is 61.3 Å². The maximum atomic E-state index is 10.6. The van der Waals surface area contributed by atoms with E-state index in [1.807, 2.05) is 30.5 Å². The van der Waals surface area contributed by atoms with Gasteiger partial charge in [-0.25, -0.2) is 0 Å². The molecule has 1 saturated carbocycles.